The van der Waals surface area contributed by atoms with Gasteiger partial charge in [-0.1, -0.05) is 11.6 Å². The average Bonchev–Trinajstić information content (AvgIpc) is 2.98. The van der Waals surface area contributed by atoms with E-state index in [1.807, 2.05) is 12.1 Å². The van der Waals surface area contributed by atoms with E-state index in [0.717, 1.165) is 36.8 Å². The molecule has 140 valence electrons. The van der Waals surface area contributed by atoms with Crippen molar-refractivity contribution in [3.8, 4) is 5.75 Å². The molecule has 2 aliphatic heterocycles. The third-order valence-corrected chi connectivity index (χ3v) is 5.60. The molecule has 0 bridgehead atoms. The number of amides is 2. The molecule has 2 saturated heterocycles. The van der Waals surface area contributed by atoms with Crippen LogP contribution in [0, 0.1) is 0 Å². The normalized spacial score (nSPS) is 21.1. The van der Waals surface area contributed by atoms with Gasteiger partial charge in [0.1, 0.15) is 5.75 Å². The average molecular weight is 387 g/mol. The van der Waals surface area contributed by atoms with Gasteiger partial charge < -0.3 is 14.9 Å². The summed E-state index contributed by atoms with van der Waals surface area (Å²) in [6.07, 6.45) is 0.246. The second kappa shape index (κ2) is 7.21. The second-order valence-electron chi connectivity index (χ2n) is 6.96. The van der Waals surface area contributed by atoms with Gasteiger partial charge in [-0.05, 0) is 48.5 Å². The monoisotopic (exact) mass is 386 g/mol. The third kappa shape index (κ3) is 3.50. The largest absolute Gasteiger partial charge is 0.508 e. The first-order chi connectivity index (χ1) is 13.0. The number of halogens is 1. The number of aromatic hydroxyl groups is 1. The first-order valence-electron chi connectivity index (χ1n) is 9.04. The van der Waals surface area contributed by atoms with Crippen LogP contribution >= 0.6 is 11.6 Å². The van der Waals surface area contributed by atoms with Gasteiger partial charge in [-0.15, -0.1) is 0 Å². The molecule has 4 rings (SSSR count). The van der Waals surface area contributed by atoms with Gasteiger partial charge in [0.25, 0.3) is 5.91 Å². The number of quaternary nitrogens is 1. The summed E-state index contributed by atoms with van der Waals surface area (Å²) in [5, 5.41) is 10.00. The van der Waals surface area contributed by atoms with Crippen LogP contribution in [-0.4, -0.2) is 49.1 Å². The number of rotatable bonds is 3. The summed E-state index contributed by atoms with van der Waals surface area (Å²) in [5.41, 5.74) is 1.64. The summed E-state index contributed by atoms with van der Waals surface area (Å²) in [7, 11) is 0. The van der Waals surface area contributed by atoms with Gasteiger partial charge in [0.05, 0.1) is 38.3 Å². The van der Waals surface area contributed by atoms with E-state index >= 15 is 0 Å². The van der Waals surface area contributed by atoms with Crippen LogP contribution in [0.15, 0.2) is 48.5 Å². The van der Waals surface area contributed by atoms with Gasteiger partial charge in [0.2, 0.25) is 5.91 Å². The number of nitrogens with zero attached hydrogens (tertiary/aromatic N) is 2. The van der Waals surface area contributed by atoms with E-state index in [1.165, 1.54) is 4.90 Å². The van der Waals surface area contributed by atoms with Crippen molar-refractivity contribution >= 4 is 34.8 Å². The van der Waals surface area contributed by atoms with Crippen molar-refractivity contribution in [2.45, 2.75) is 12.5 Å². The fourth-order valence-electron chi connectivity index (χ4n) is 3.88. The zero-order valence-corrected chi connectivity index (χ0v) is 15.5. The van der Waals surface area contributed by atoms with Gasteiger partial charge in [0.15, 0.2) is 6.04 Å². The number of benzene rings is 2. The van der Waals surface area contributed by atoms with E-state index < -0.39 is 0 Å². The number of hydrogen-bond acceptors (Lipinski definition) is 4. The van der Waals surface area contributed by atoms with Crippen LogP contribution in [0.2, 0.25) is 5.02 Å². The standard InChI is InChI=1S/C20H20ClN3O3/c21-14-1-3-16(4-2-14)24-19(26)13-18(20(24)27)23-11-9-22(10-12-23)15-5-7-17(25)8-6-15/h1-8,18,25H,9-13H2/p+1/t18-/m1/s1. The molecule has 2 fully saturated rings. The Balaban J connectivity index is 1.43. The molecule has 0 unspecified atom stereocenters. The maximum absolute atomic E-state index is 12.9. The summed E-state index contributed by atoms with van der Waals surface area (Å²) in [4.78, 5) is 30.0. The minimum absolute atomic E-state index is 0.129. The van der Waals surface area contributed by atoms with E-state index in [2.05, 4.69) is 4.90 Å². The van der Waals surface area contributed by atoms with E-state index in [-0.39, 0.29) is 30.0 Å². The van der Waals surface area contributed by atoms with Gasteiger partial charge in [0, 0.05) is 10.7 Å². The summed E-state index contributed by atoms with van der Waals surface area (Å²) >= 11 is 5.90. The lowest BCUT2D eigenvalue weighted by Crippen LogP contribution is -3.19. The molecule has 0 spiro atoms. The maximum Gasteiger partial charge on any atom is 0.292 e. The highest BCUT2D eigenvalue weighted by molar-refractivity contribution is 6.30. The minimum Gasteiger partial charge on any atom is -0.508 e. The summed E-state index contributed by atoms with van der Waals surface area (Å²) in [6, 6.07) is 13.6. The SMILES string of the molecule is O=C1C[C@@H]([NH+]2CCN(c3ccc(O)cc3)CC2)C(=O)N1c1ccc(Cl)cc1. The molecular formula is C20H21ClN3O3+. The van der Waals surface area contributed by atoms with Gasteiger partial charge >= 0.3 is 0 Å². The molecule has 0 aliphatic carbocycles. The summed E-state index contributed by atoms with van der Waals surface area (Å²) in [5.74, 6) is -0.0310. The predicted molar refractivity (Wildman–Crippen MR) is 103 cm³/mol. The van der Waals surface area contributed by atoms with Crippen molar-refractivity contribution in [3.05, 3.63) is 53.6 Å². The zero-order valence-electron chi connectivity index (χ0n) is 14.8. The first kappa shape index (κ1) is 17.8. The molecule has 1 atom stereocenters. The maximum atomic E-state index is 12.9. The summed E-state index contributed by atoms with van der Waals surface area (Å²) < 4.78 is 0. The number of anilines is 2. The van der Waals surface area contributed by atoms with Crippen molar-refractivity contribution in [2.24, 2.45) is 0 Å². The Kier molecular flexibility index (Phi) is 4.76. The smallest absolute Gasteiger partial charge is 0.292 e. The molecule has 0 aromatic heterocycles. The molecule has 2 aliphatic rings. The lowest BCUT2D eigenvalue weighted by atomic mass is 10.1. The van der Waals surface area contributed by atoms with E-state index in [0.29, 0.717) is 10.7 Å². The Bertz CT molecular complexity index is 846. The molecule has 6 nitrogen and oxygen atoms in total. The van der Waals surface area contributed by atoms with Crippen LogP contribution in [0.3, 0.4) is 0 Å². The minimum atomic E-state index is -0.324. The number of carbonyl (C=O) groups is 2. The quantitative estimate of drug-likeness (QED) is 0.775. The highest BCUT2D eigenvalue weighted by atomic mass is 35.5. The van der Waals surface area contributed by atoms with Gasteiger partial charge in [-0.3, -0.25) is 9.59 Å². The molecule has 0 radical (unpaired) electrons. The highest BCUT2D eigenvalue weighted by Crippen LogP contribution is 2.24. The van der Waals surface area contributed by atoms with E-state index in [9.17, 15) is 14.7 Å². The lowest BCUT2D eigenvalue weighted by Gasteiger charge is -2.35. The Morgan fingerprint density at radius 2 is 1.52 bits per heavy atom. The molecule has 2 N–H and O–H groups in total. The number of imide groups is 1. The number of nitrogens with one attached hydrogen (secondary N) is 1. The molecule has 0 saturated carbocycles. The Labute approximate surface area is 162 Å². The van der Waals surface area contributed by atoms with Crippen molar-refractivity contribution in [1.29, 1.82) is 0 Å². The van der Waals surface area contributed by atoms with Crippen molar-refractivity contribution in [3.63, 3.8) is 0 Å². The fraction of sp³-hybridized carbons (Fsp3) is 0.300. The number of phenolic OH excluding ortho intramolecular Hbond substituents is 1. The molecular weight excluding hydrogens is 366 g/mol. The molecule has 2 aromatic rings. The molecule has 2 heterocycles. The van der Waals surface area contributed by atoms with Crippen LogP contribution in [-0.2, 0) is 9.59 Å². The number of piperazine rings is 1. The van der Waals surface area contributed by atoms with Crippen LogP contribution in [0.5, 0.6) is 5.75 Å². The van der Waals surface area contributed by atoms with Crippen LogP contribution in [0.1, 0.15) is 6.42 Å². The zero-order chi connectivity index (χ0) is 19.0. The summed E-state index contributed by atoms with van der Waals surface area (Å²) in [6.45, 7) is 3.19. The topological polar surface area (TPSA) is 65.3 Å². The molecule has 2 amide bonds. The third-order valence-electron chi connectivity index (χ3n) is 5.34. The molecule has 27 heavy (non-hydrogen) atoms. The van der Waals surface area contributed by atoms with Crippen molar-refractivity contribution in [2.75, 3.05) is 36.0 Å². The van der Waals surface area contributed by atoms with Crippen molar-refractivity contribution in [1.82, 2.24) is 0 Å². The lowest BCUT2D eigenvalue weighted by molar-refractivity contribution is -0.915. The Hall–Kier alpha value is -2.57. The van der Waals surface area contributed by atoms with E-state index in [1.54, 1.807) is 36.4 Å². The second-order valence-corrected chi connectivity index (χ2v) is 7.40. The molecule has 2 aromatic carbocycles. The Morgan fingerprint density at radius 3 is 2.15 bits per heavy atom. The Morgan fingerprint density at radius 1 is 0.926 bits per heavy atom. The number of phenols is 1. The van der Waals surface area contributed by atoms with Gasteiger partial charge in [-0.2, -0.15) is 0 Å². The van der Waals surface area contributed by atoms with E-state index in [4.69, 9.17) is 11.6 Å². The van der Waals surface area contributed by atoms with Crippen molar-refractivity contribution < 1.29 is 19.6 Å². The van der Waals surface area contributed by atoms with Gasteiger partial charge in [-0.25, -0.2) is 4.90 Å². The van der Waals surface area contributed by atoms with Crippen LogP contribution < -0.4 is 14.7 Å². The highest BCUT2D eigenvalue weighted by Gasteiger charge is 2.46. The van der Waals surface area contributed by atoms with Crippen LogP contribution in [0.4, 0.5) is 11.4 Å². The first-order valence-corrected chi connectivity index (χ1v) is 9.41. The fourth-order valence-corrected chi connectivity index (χ4v) is 4.00. The number of hydrogen-bond donors (Lipinski definition) is 2. The van der Waals surface area contributed by atoms with Crippen LogP contribution in [0.25, 0.3) is 0 Å². The predicted octanol–water partition coefficient (Wildman–Crippen LogP) is 1.08. The number of carbonyl (C=O) groups excluding carboxylic acids is 2. The molecule has 7 heteroatoms.